The van der Waals surface area contributed by atoms with E-state index in [1.807, 2.05) is 0 Å². The summed E-state index contributed by atoms with van der Waals surface area (Å²) in [6.45, 7) is 0.171. The van der Waals surface area contributed by atoms with Gasteiger partial charge in [-0.2, -0.15) is 0 Å². The minimum absolute atomic E-state index is 0.0149. The van der Waals surface area contributed by atoms with Gasteiger partial charge in [-0.15, -0.1) is 0 Å². The lowest BCUT2D eigenvalue weighted by molar-refractivity contribution is 0.0943. The molecule has 0 bridgehead atoms. The molecule has 2 aromatic rings. The molecule has 1 aromatic carbocycles. The Labute approximate surface area is 105 Å². The fourth-order valence-corrected chi connectivity index (χ4v) is 1.64. The summed E-state index contributed by atoms with van der Waals surface area (Å²) in [5.41, 5.74) is -0.0149. The van der Waals surface area contributed by atoms with Gasteiger partial charge in [0.05, 0.1) is 22.8 Å². The van der Waals surface area contributed by atoms with E-state index in [9.17, 15) is 9.18 Å². The molecule has 0 atom stereocenters. The van der Waals surface area contributed by atoms with E-state index in [1.165, 1.54) is 18.3 Å². The Kier molecular flexibility index (Phi) is 3.53. The Hall–Kier alpha value is -1.69. The molecule has 2 rings (SSSR count). The van der Waals surface area contributed by atoms with Gasteiger partial charge in [-0.1, -0.05) is 11.2 Å². The van der Waals surface area contributed by atoms with Crippen molar-refractivity contribution in [3.05, 3.63) is 52.1 Å². The quantitative estimate of drug-likeness (QED) is 0.947. The average molecular weight is 299 g/mol. The van der Waals surface area contributed by atoms with Crippen LogP contribution in [0.25, 0.3) is 0 Å². The molecule has 1 heterocycles. The number of nitrogens with zero attached hydrogens (tertiary/aromatic N) is 1. The number of nitrogens with one attached hydrogen (secondary N) is 1. The van der Waals surface area contributed by atoms with Gasteiger partial charge >= 0.3 is 0 Å². The second-order valence-corrected chi connectivity index (χ2v) is 4.12. The highest BCUT2D eigenvalue weighted by Gasteiger charge is 2.13. The molecule has 0 aliphatic rings. The number of benzene rings is 1. The van der Waals surface area contributed by atoms with Crippen molar-refractivity contribution in [2.75, 3.05) is 0 Å². The average Bonchev–Trinajstić information content (AvgIpc) is 2.82. The lowest BCUT2D eigenvalue weighted by Gasteiger charge is -2.04. The first-order chi connectivity index (χ1) is 8.18. The van der Waals surface area contributed by atoms with Crippen molar-refractivity contribution in [1.82, 2.24) is 10.5 Å². The first-order valence-corrected chi connectivity index (χ1v) is 5.59. The molecule has 0 aliphatic carbocycles. The standard InChI is InChI=1S/C11H8BrFN2O2/c12-9-3-1-2-8(10(9)13)11(16)14-6-7-4-5-15-17-7/h1-5H,6H2,(H,14,16). The fourth-order valence-electron chi connectivity index (χ4n) is 1.28. The van der Waals surface area contributed by atoms with E-state index >= 15 is 0 Å². The molecule has 1 aromatic heterocycles. The number of amides is 1. The van der Waals surface area contributed by atoms with Crippen LogP contribution in [0.2, 0.25) is 0 Å². The number of aromatic nitrogens is 1. The molecule has 1 amide bonds. The first-order valence-electron chi connectivity index (χ1n) is 4.80. The second kappa shape index (κ2) is 5.09. The van der Waals surface area contributed by atoms with Crippen LogP contribution >= 0.6 is 15.9 Å². The molecule has 0 fully saturated rings. The monoisotopic (exact) mass is 298 g/mol. The van der Waals surface area contributed by atoms with Crippen LogP contribution in [0.1, 0.15) is 16.1 Å². The molecule has 0 saturated heterocycles. The van der Waals surface area contributed by atoms with Crippen LogP contribution in [0.5, 0.6) is 0 Å². The zero-order valence-electron chi connectivity index (χ0n) is 8.61. The second-order valence-electron chi connectivity index (χ2n) is 3.26. The minimum atomic E-state index is -0.581. The number of halogens is 2. The zero-order valence-corrected chi connectivity index (χ0v) is 10.2. The van der Waals surface area contributed by atoms with Gasteiger partial charge in [-0.05, 0) is 28.1 Å². The largest absolute Gasteiger partial charge is 0.360 e. The van der Waals surface area contributed by atoms with E-state index in [0.29, 0.717) is 5.76 Å². The first kappa shape index (κ1) is 11.8. The Balaban J connectivity index is 2.07. The molecule has 0 spiro atoms. The van der Waals surface area contributed by atoms with Crippen LogP contribution in [0, 0.1) is 5.82 Å². The molecular weight excluding hydrogens is 291 g/mol. The number of carbonyl (C=O) groups excluding carboxylic acids is 1. The lowest BCUT2D eigenvalue weighted by Crippen LogP contribution is -2.23. The Morgan fingerprint density at radius 1 is 1.47 bits per heavy atom. The van der Waals surface area contributed by atoms with E-state index in [1.54, 1.807) is 12.1 Å². The van der Waals surface area contributed by atoms with Crippen molar-refractivity contribution in [3.63, 3.8) is 0 Å². The summed E-state index contributed by atoms with van der Waals surface area (Å²) >= 11 is 3.02. The number of rotatable bonds is 3. The van der Waals surface area contributed by atoms with E-state index in [4.69, 9.17) is 4.52 Å². The third-order valence-electron chi connectivity index (χ3n) is 2.11. The van der Waals surface area contributed by atoms with Crippen molar-refractivity contribution in [1.29, 1.82) is 0 Å². The molecule has 0 unspecified atom stereocenters. The summed E-state index contributed by atoms with van der Waals surface area (Å²) in [4.78, 5) is 11.7. The van der Waals surface area contributed by atoms with E-state index in [0.717, 1.165) is 0 Å². The van der Waals surface area contributed by atoms with Crippen LogP contribution in [0.4, 0.5) is 4.39 Å². The van der Waals surface area contributed by atoms with Gasteiger partial charge in [0.15, 0.2) is 5.76 Å². The van der Waals surface area contributed by atoms with Crippen LogP contribution in [0.3, 0.4) is 0 Å². The van der Waals surface area contributed by atoms with E-state index < -0.39 is 11.7 Å². The van der Waals surface area contributed by atoms with Gasteiger partial charge < -0.3 is 9.84 Å². The third kappa shape index (κ3) is 2.71. The van der Waals surface area contributed by atoms with Crippen molar-refractivity contribution < 1.29 is 13.7 Å². The van der Waals surface area contributed by atoms with Gasteiger partial charge in [0.2, 0.25) is 0 Å². The smallest absolute Gasteiger partial charge is 0.254 e. The summed E-state index contributed by atoms with van der Waals surface area (Å²) < 4.78 is 18.6. The molecule has 88 valence electrons. The van der Waals surface area contributed by atoms with Gasteiger partial charge in [0, 0.05) is 6.07 Å². The maximum absolute atomic E-state index is 13.6. The minimum Gasteiger partial charge on any atom is -0.360 e. The van der Waals surface area contributed by atoms with Gasteiger partial charge in [-0.3, -0.25) is 4.79 Å². The molecule has 1 N–H and O–H groups in total. The van der Waals surface area contributed by atoms with Crippen LogP contribution in [0.15, 0.2) is 39.5 Å². The summed E-state index contributed by atoms with van der Waals surface area (Å²) in [6, 6.07) is 6.16. The molecule has 0 saturated carbocycles. The Bertz CT molecular complexity index is 528. The Morgan fingerprint density at radius 3 is 3.00 bits per heavy atom. The third-order valence-corrected chi connectivity index (χ3v) is 2.72. The summed E-state index contributed by atoms with van der Waals surface area (Å²) in [5.74, 6) is -0.573. The van der Waals surface area contributed by atoms with Crippen molar-refractivity contribution in [3.8, 4) is 0 Å². The molecule has 17 heavy (non-hydrogen) atoms. The van der Waals surface area contributed by atoms with Crippen molar-refractivity contribution in [2.24, 2.45) is 0 Å². The molecular formula is C11H8BrFN2O2. The van der Waals surface area contributed by atoms with Crippen molar-refractivity contribution >= 4 is 21.8 Å². The van der Waals surface area contributed by atoms with Crippen molar-refractivity contribution in [2.45, 2.75) is 6.54 Å². The number of carbonyl (C=O) groups is 1. The highest BCUT2D eigenvalue weighted by Crippen LogP contribution is 2.18. The molecule has 0 radical (unpaired) electrons. The van der Waals surface area contributed by atoms with Crippen LogP contribution in [-0.4, -0.2) is 11.1 Å². The highest BCUT2D eigenvalue weighted by molar-refractivity contribution is 9.10. The maximum atomic E-state index is 13.6. The SMILES string of the molecule is O=C(NCc1ccno1)c1cccc(Br)c1F. The topological polar surface area (TPSA) is 55.1 Å². The zero-order chi connectivity index (χ0) is 12.3. The predicted octanol–water partition coefficient (Wildman–Crippen LogP) is 2.51. The summed E-state index contributed by atoms with van der Waals surface area (Å²) in [5, 5.41) is 6.03. The van der Waals surface area contributed by atoms with Crippen LogP contribution < -0.4 is 5.32 Å². The van der Waals surface area contributed by atoms with E-state index in [-0.39, 0.29) is 16.6 Å². The molecule has 6 heteroatoms. The predicted molar refractivity (Wildman–Crippen MR) is 61.8 cm³/mol. The Morgan fingerprint density at radius 2 is 2.29 bits per heavy atom. The lowest BCUT2D eigenvalue weighted by atomic mass is 10.2. The summed E-state index contributed by atoms with van der Waals surface area (Å²) in [7, 11) is 0. The summed E-state index contributed by atoms with van der Waals surface area (Å²) in [6.07, 6.45) is 1.47. The maximum Gasteiger partial charge on any atom is 0.254 e. The molecule has 0 aliphatic heterocycles. The van der Waals surface area contributed by atoms with Gasteiger partial charge in [0.1, 0.15) is 5.82 Å². The number of hydrogen-bond donors (Lipinski definition) is 1. The molecule has 4 nitrogen and oxygen atoms in total. The van der Waals surface area contributed by atoms with E-state index in [2.05, 4.69) is 26.4 Å². The number of hydrogen-bond acceptors (Lipinski definition) is 3. The fraction of sp³-hybridized carbons (Fsp3) is 0.0909. The van der Waals surface area contributed by atoms with Gasteiger partial charge in [-0.25, -0.2) is 4.39 Å². The van der Waals surface area contributed by atoms with Gasteiger partial charge in [0.25, 0.3) is 5.91 Å². The van der Waals surface area contributed by atoms with Crippen LogP contribution in [-0.2, 0) is 6.54 Å². The highest BCUT2D eigenvalue weighted by atomic mass is 79.9. The normalized spacial score (nSPS) is 10.2.